The standard InChI is InChI=1S/C19H30N4O2.ClH/c1-14(16-7-9-20-10-8-16)11-18(24)21-13-15-5-4-6-17(12-15)22-19(25)23(2)3;/h4-6,12,14,16,20H,7-11,13H2,1-3H3,(H,21,24)(H,22,25);1H. The molecule has 1 aromatic carbocycles. The summed E-state index contributed by atoms with van der Waals surface area (Å²) in [5.74, 6) is 1.14. The number of amides is 3. The maximum atomic E-state index is 12.2. The highest BCUT2D eigenvalue weighted by atomic mass is 35.5. The van der Waals surface area contributed by atoms with Crippen LogP contribution in [0.3, 0.4) is 0 Å². The normalized spacial score (nSPS) is 15.5. The fraction of sp³-hybridized carbons (Fsp3) is 0.579. The molecule has 1 heterocycles. The molecule has 0 bridgehead atoms. The molecule has 0 aromatic heterocycles. The number of piperidine rings is 1. The number of hydrogen-bond donors (Lipinski definition) is 3. The van der Waals surface area contributed by atoms with Crippen molar-refractivity contribution in [3.63, 3.8) is 0 Å². The van der Waals surface area contributed by atoms with Gasteiger partial charge >= 0.3 is 6.03 Å². The minimum atomic E-state index is -0.169. The van der Waals surface area contributed by atoms with E-state index >= 15 is 0 Å². The summed E-state index contributed by atoms with van der Waals surface area (Å²) in [6, 6.07) is 7.38. The second-order valence-electron chi connectivity index (χ2n) is 7.07. The Bertz CT molecular complexity index is 589. The number of halogens is 1. The zero-order valence-electron chi connectivity index (χ0n) is 15.9. The molecule has 146 valence electrons. The van der Waals surface area contributed by atoms with Crippen LogP contribution in [0.15, 0.2) is 24.3 Å². The SMILES string of the molecule is CC(CC(=O)NCc1cccc(NC(=O)N(C)C)c1)C1CCNCC1.Cl. The van der Waals surface area contributed by atoms with Gasteiger partial charge in [-0.2, -0.15) is 0 Å². The lowest BCUT2D eigenvalue weighted by molar-refractivity contribution is -0.122. The van der Waals surface area contributed by atoms with Crippen LogP contribution >= 0.6 is 12.4 Å². The van der Waals surface area contributed by atoms with Gasteiger partial charge < -0.3 is 20.9 Å². The van der Waals surface area contributed by atoms with Crippen molar-refractivity contribution >= 4 is 30.0 Å². The summed E-state index contributed by atoms with van der Waals surface area (Å²) < 4.78 is 0. The highest BCUT2D eigenvalue weighted by Gasteiger charge is 2.21. The zero-order valence-corrected chi connectivity index (χ0v) is 16.7. The van der Waals surface area contributed by atoms with Crippen molar-refractivity contribution in [1.82, 2.24) is 15.5 Å². The third kappa shape index (κ3) is 7.22. The Hall–Kier alpha value is -1.79. The largest absolute Gasteiger partial charge is 0.352 e. The topological polar surface area (TPSA) is 73.5 Å². The second-order valence-corrected chi connectivity index (χ2v) is 7.07. The molecule has 1 aliphatic rings. The van der Waals surface area contributed by atoms with E-state index in [4.69, 9.17) is 0 Å². The highest BCUT2D eigenvalue weighted by Crippen LogP contribution is 2.24. The fourth-order valence-corrected chi connectivity index (χ4v) is 3.14. The molecule has 0 radical (unpaired) electrons. The first-order valence-electron chi connectivity index (χ1n) is 9.00. The predicted octanol–water partition coefficient (Wildman–Crippen LogP) is 2.84. The van der Waals surface area contributed by atoms with E-state index in [1.54, 1.807) is 14.1 Å². The molecular weight excluding hydrogens is 352 g/mol. The van der Waals surface area contributed by atoms with E-state index in [1.807, 2.05) is 24.3 Å². The van der Waals surface area contributed by atoms with Gasteiger partial charge in [-0.25, -0.2) is 4.79 Å². The van der Waals surface area contributed by atoms with Crippen molar-refractivity contribution in [3.05, 3.63) is 29.8 Å². The van der Waals surface area contributed by atoms with Gasteiger partial charge in [0.15, 0.2) is 0 Å². The minimum absolute atomic E-state index is 0. The lowest BCUT2D eigenvalue weighted by Crippen LogP contribution is -2.33. The summed E-state index contributed by atoms with van der Waals surface area (Å²) in [6.45, 7) is 4.76. The lowest BCUT2D eigenvalue weighted by Gasteiger charge is -2.27. The molecule has 3 amide bonds. The van der Waals surface area contributed by atoms with Gasteiger partial charge in [-0.15, -0.1) is 12.4 Å². The number of urea groups is 1. The number of benzene rings is 1. The van der Waals surface area contributed by atoms with Crippen LogP contribution in [0, 0.1) is 11.8 Å². The summed E-state index contributed by atoms with van der Waals surface area (Å²) in [5.41, 5.74) is 1.70. The summed E-state index contributed by atoms with van der Waals surface area (Å²) in [5, 5.41) is 9.17. The zero-order chi connectivity index (χ0) is 18.2. The lowest BCUT2D eigenvalue weighted by atomic mass is 9.84. The summed E-state index contributed by atoms with van der Waals surface area (Å²) in [6.07, 6.45) is 2.88. The molecule has 1 aliphatic heterocycles. The third-order valence-electron chi connectivity index (χ3n) is 4.77. The average molecular weight is 383 g/mol. The molecule has 0 saturated carbocycles. The molecule has 1 fully saturated rings. The van der Waals surface area contributed by atoms with Crippen molar-refractivity contribution < 1.29 is 9.59 Å². The van der Waals surface area contributed by atoms with Crippen LogP contribution in [0.2, 0.25) is 0 Å². The van der Waals surface area contributed by atoms with Crippen LogP contribution in [0.1, 0.15) is 31.7 Å². The van der Waals surface area contributed by atoms with E-state index in [1.165, 1.54) is 4.90 Å². The maximum Gasteiger partial charge on any atom is 0.321 e. The van der Waals surface area contributed by atoms with E-state index in [0.29, 0.717) is 24.8 Å². The first-order chi connectivity index (χ1) is 12.0. The molecule has 1 saturated heterocycles. The molecule has 0 spiro atoms. The Morgan fingerprint density at radius 1 is 1.27 bits per heavy atom. The number of hydrogen-bond acceptors (Lipinski definition) is 3. The minimum Gasteiger partial charge on any atom is -0.352 e. The molecule has 26 heavy (non-hydrogen) atoms. The van der Waals surface area contributed by atoms with Gasteiger partial charge in [0.2, 0.25) is 5.91 Å². The van der Waals surface area contributed by atoms with Crippen LogP contribution in [0.4, 0.5) is 10.5 Å². The smallest absolute Gasteiger partial charge is 0.321 e. The number of carbonyl (C=O) groups excluding carboxylic acids is 2. The van der Waals surface area contributed by atoms with Gasteiger partial charge in [0.1, 0.15) is 0 Å². The number of rotatable bonds is 6. The average Bonchev–Trinajstić information content (AvgIpc) is 2.61. The quantitative estimate of drug-likeness (QED) is 0.708. The van der Waals surface area contributed by atoms with E-state index < -0.39 is 0 Å². The maximum absolute atomic E-state index is 12.2. The van der Waals surface area contributed by atoms with Gasteiger partial charge in [-0.05, 0) is 55.5 Å². The van der Waals surface area contributed by atoms with E-state index in [-0.39, 0.29) is 24.3 Å². The molecule has 1 unspecified atom stereocenters. The Morgan fingerprint density at radius 2 is 1.96 bits per heavy atom. The van der Waals surface area contributed by atoms with E-state index in [9.17, 15) is 9.59 Å². The highest BCUT2D eigenvalue weighted by molar-refractivity contribution is 5.89. The number of nitrogens with zero attached hydrogens (tertiary/aromatic N) is 1. The second kappa shape index (κ2) is 11.0. The van der Waals surface area contributed by atoms with Crippen molar-refractivity contribution in [2.24, 2.45) is 11.8 Å². The molecule has 0 aliphatic carbocycles. The van der Waals surface area contributed by atoms with Gasteiger partial charge in [-0.3, -0.25) is 4.79 Å². The van der Waals surface area contributed by atoms with Crippen molar-refractivity contribution in [2.75, 3.05) is 32.5 Å². The van der Waals surface area contributed by atoms with Crippen LogP contribution in [0.5, 0.6) is 0 Å². The molecule has 1 atom stereocenters. The van der Waals surface area contributed by atoms with Crippen LogP contribution in [0.25, 0.3) is 0 Å². The van der Waals surface area contributed by atoms with Gasteiger partial charge in [-0.1, -0.05) is 19.1 Å². The molecule has 3 N–H and O–H groups in total. The van der Waals surface area contributed by atoms with Crippen LogP contribution in [-0.4, -0.2) is 44.0 Å². The first-order valence-corrected chi connectivity index (χ1v) is 9.00. The Labute approximate surface area is 162 Å². The summed E-state index contributed by atoms with van der Waals surface area (Å²) in [7, 11) is 3.39. The van der Waals surface area contributed by atoms with Crippen molar-refractivity contribution in [1.29, 1.82) is 0 Å². The van der Waals surface area contributed by atoms with Gasteiger partial charge in [0.05, 0.1) is 0 Å². The monoisotopic (exact) mass is 382 g/mol. The third-order valence-corrected chi connectivity index (χ3v) is 4.77. The summed E-state index contributed by atoms with van der Waals surface area (Å²) in [4.78, 5) is 25.4. The molecular formula is C19H31ClN4O2. The van der Waals surface area contributed by atoms with E-state index in [0.717, 1.165) is 37.2 Å². The first kappa shape index (κ1) is 22.3. The predicted molar refractivity (Wildman–Crippen MR) is 108 cm³/mol. The van der Waals surface area contributed by atoms with E-state index in [2.05, 4.69) is 22.9 Å². The summed E-state index contributed by atoms with van der Waals surface area (Å²) >= 11 is 0. The Balaban J connectivity index is 0.00000338. The number of nitrogens with one attached hydrogen (secondary N) is 3. The van der Waals surface area contributed by atoms with Gasteiger partial charge in [0, 0.05) is 32.7 Å². The number of anilines is 1. The van der Waals surface area contributed by atoms with Crippen LogP contribution in [-0.2, 0) is 11.3 Å². The Morgan fingerprint density at radius 3 is 2.62 bits per heavy atom. The molecule has 2 rings (SSSR count). The number of carbonyl (C=O) groups is 2. The van der Waals surface area contributed by atoms with Crippen molar-refractivity contribution in [3.8, 4) is 0 Å². The fourth-order valence-electron chi connectivity index (χ4n) is 3.14. The Kier molecular flexibility index (Phi) is 9.44. The van der Waals surface area contributed by atoms with Gasteiger partial charge in [0.25, 0.3) is 0 Å². The molecule has 6 nitrogen and oxygen atoms in total. The van der Waals surface area contributed by atoms with Crippen LogP contribution < -0.4 is 16.0 Å². The molecule has 1 aromatic rings. The van der Waals surface area contributed by atoms with Crippen molar-refractivity contribution in [2.45, 2.75) is 32.7 Å². The molecule has 7 heteroatoms.